The van der Waals surface area contributed by atoms with Gasteiger partial charge in [0.2, 0.25) is 10.0 Å². The van der Waals surface area contributed by atoms with Crippen molar-refractivity contribution in [2.24, 2.45) is 31.8 Å². The van der Waals surface area contributed by atoms with Crippen molar-refractivity contribution < 1.29 is 16.8 Å². The molecule has 1 aromatic carbocycles. The fourth-order valence-electron chi connectivity index (χ4n) is 2.92. The number of rotatable bonds is 7. The van der Waals surface area contributed by atoms with E-state index in [4.69, 9.17) is 22.3 Å². The summed E-state index contributed by atoms with van der Waals surface area (Å²) in [4.78, 5) is 6.90. The lowest BCUT2D eigenvalue weighted by molar-refractivity contribution is 0.577. The third-order valence-corrected chi connectivity index (χ3v) is 7.25. The van der Waals surface area contributed by atoms with Gasteiger partial charge in [-0.05, 0) is 23.8 Å². The molecule has 0 fully saturated rings. The van der Waals surface area contributed by atoms with Gasteiger partial charge in [0.25, 0.3) is 0 Å². The quantitative estimate of drug-likeness (QED) is 0.415. The smallest absolute Gasteiger partial charge is 0.240 e. The minimum Gasteiger partial charge on any atom is -0.384 e. The number of nitrogens with zero attached hydrogens (tertiary/aromatic N) is 4. The van der Waals surface area contributed by atoms with E-state index in [-0.39, 0.29) is 30.4 Å². The average Bonchev–Trinajstić information content (AvgIpc) is 3.21. The number of aromatic nitrogens is 1. The highest BCUT2D eigenvalue weighted by Crippen LogP contribution is 2.35. The fraction of sp³-hybridized carbons (Fsp3) is 0.250. The van der Waals surface area contributed by atoms with Crippen molar-refractivity contribution in [3.05, 3.63) is 36.0 Å². The summed E-state index contributed by atoms with van der Waals surface area (Å²) in [7, 11) is -8.71. The number of hydrogen-bond acceptors (Lipinski definition) is 11. The lowest BCUT2D eigenvalue weighted by Gasteiger charge is -2.18. The molecule has 0 spiro atoms. The minimum atomic E-state index is -4.54. The molecule has 14 heteroatoms. The van der Waals surface area contributed by atoms with Crippen LogP contribution in [0.3, 0.4) is 0 Å². The maximum absolute atomic E-state index is 13.0. The highest BCUT2D eigenvalue weighted by molar-refractivity contribution is 7.93. The van der Waals surface area contributed by atoms with Gasteiger partial charge in [-0.15, -0.1) is 5.11 Å². The zero-order chi connectivity index (χ0) is 22.1. The molecule has 12 nitrogen and oxygen atoms in total. The first kappa shape index (κ1) is 21.9. The van der Waals surface area contributed by atoms with Gasteiger partial charge in [0.1, 0.15) is 10.7 Å². The lowest BCUT2D eigenvalue weighted by Crippen LogP contribution is -2.37. The first-order valence-electron chi connectivity index (χ1n) is 8.57. The van der Waals surface area contributed by atoms with Gasteiger partial charge >= 0.3 is 0 Å². The third-order valence-electron chi connectivity index (χ3n) is 4.25. The van der Waals surface area contributed by atoms with Gasteiger partial charge in [0, 0.05) is 24.3 Å². The van der Waals surface area contributed by atoms with Crippen molar-refractivity contribution in [1.82, 2.24) is 4.98 Å². The second-order valence-electron chi connectivity index (χ2n) is 6.47. The van der Waals surface area contributed by atoms with Gasteiger partial charge in [-0.2, -0.15) is 5.11 Å². The van der Waals surface area contributed by atoms with Gasteiger partial charge in [-0.3, -0.25) is 0 Å². The molecule has 1 aromatic heterocycles. The van der Waals surface area contributed by atoms with Crippen LogP contribution in [0.15, 0.2) is 55.5 Å². The maximum Gasteiger partial charge on any atom is 0.240 e. The number of nitrogen functional groups attached to an aromatic ring is 1. The topological polar surface area (TPSA) is 222 Å². The van der Waals surface area contributed by atoms with Crippen molar-refractivity contribution in [3.63, 3.8) is 0 Å². The molecular weight excluding hydrogens is 432 g/mol. The number of hydrogen-bond donors (Lipinski definition) is 4. The van der Waals surface area contributed by atoms with Crippen LogP contribution in [0.1, 0.15) is 5.56 Å². The number of azo groups is 1. The first-order valence-corrected chi connectivity index (χ1v) is 11.8. The number of pyridine rings is 1. The molecular formula is C16H20N8O4S2. The van der Waals surface area contributed by atoms with Gasteiger partial charge < -0.3 is 17.2 Å². The van der Waals surface area contributed by atoms with Crippen LogP contribution in [0.5, 0.6) is 0 Å². The molecule has 2 aromatic rings. The number of primary sulfonamides is 1. The molecule has 8 N–H and O–H groups in total. The van der Waals surface area contributed by atoms with E-state index in [1.54, 1.807) is 6.07 Å². The predicted octanol–water partition coefficient (Wildman–Crippen LogP) is -0.792. The summed E-state index contributed by atoms with van der Waals surface area (Å²) in [5.41, 5.74) is 17.4. The summed E-state index contributed by atoms with van der Waals surface area (Å²) in [6, 6.07) is 4.79. The van der Waals surface area contributed by atoms with Crippen molar-refractivity contribution in [2.75, 3.05) is 24.7 Å². The second kappa shape index (κ2) is 8.16. The molecule has 0 saturated carbocycles. The maximum atomic E-state index is 13.0. The van der Waals surface area contributed by atoms with E-state index in [9.17, 15) is 16.8 Å². The Bertz CT molecular complexity index is 1240. The van der Waals surface area contributed by atoms with Crippen molar-refractivity contribution in [1.29, 1.82) is 0 Å². The van der Waals surface area contributed by atoms with Gasteiger partial charge in [-0.25, -0.2) is 32.0 Å². The Kier molecular flexibility index (Phi) is 5.96. The Morgan fingerprint density at radius 1 is 1.10 bits per heavy atom. The molecule has 1 atom stereocenters. The number of sulfonamides is 1. The SMILES string of the molecule is NC[C@@H](N)CS(=O)(=O)c1ccc(-c2ccc(N)nc2)c(C2=NCN=N2)c1S(N)(=O)=O. The number of amidine groups is 1. The molecule has 0 bridgehead atoms. The molecule has 0 amide bonds. The summed E-state index contributed by atoms with van der Waals surface area (Å²) in [5.74, 6) is -0.381. The van der Waals surface area contributed by atoms with E-state index in [1.807, 2.05) is 0 Å². The van der Waals surface area contributed by atoms with Crippen LogP contribution in [0.25, 0.3) is 11.1 Å². The molecule has 2 heterocycles. The Labute approximate surface area is 173 Å². The largest absolute Gasteiger partial charge is 0.384 e. The fourth-order valence-corrected chi connectivity index (χ4v) is 6.02. The highest BCUT2D eigenvalue weighted by Gasteiger charge is 2.33. The van der Waals surface area contributed by atoms with E-state index in [0.29, 0.717) is 11.1 Å². The summed E-state index contributed by atoms with van der Waals surface area (Å²) in [6.07, 6.45) is 1.41. The van der Waals surface area contributed by atoms with Crippen LogP contribution < -0.4 is 22.3 Å². The zero-order valence-electron chi connectivity index (χ0n) is 15.6. The summed E-state index contributed by atoms with van der Waals surface area (Å²) >= 11 is 0. The van der Waals surface area contributed by atoms with Crippen molar-refractivity contribution >= 4 is 31.5 Å². The average molecular weight is 453 g/mol. The molecule has 160 valence electrons. The molecule has 0 unspecified atom stereocenters. The Morgan fingerprint density at radius 3 is 2.37 bits per heavy atom. The highest BCUT2D eigenvalue weighted by atomic mass is 32.2. The predicted molar refractivity (Wildman–Crippen MR) is 111 cm³/mol. The number of nitrogens with two attached hydrogens (primary N) is 4. The number of aliphatic imine (C=N–C) groups is 1. The number of benzene rings is 1. The monoisotopic (exact) mass is 452 g/mol. The minimum absolute atomic E-state index is 0.0339. The van der Waals surface area contributed by atoms with Crippen LogP contribution in [-0.4, -0.2) is 52.7 Å². The van der Waals surface area contributed by atoms with Crippen LogP contribution in [0, 0.1) is 0 Å². The molecule has 0 saturated heterocycles. The van der Waals surface area contributed by atoms with Gasteiger partial charge in [0.15, 0.2) is 22.3 Å². The molecule has 3 rings (SSSR count). The lowest BCUT2D eigenvalue weighted by atomic mass is 10.00. The van der Waals surface area contributed by atoms with Crippen molar-refractivity contribution in [3.8, 4) is 11.1 Å². The van der Waals surface area contributed by atoms with Crippen molar-refractivity contribution in [2.45, 2.75) is 15.8 Å². The number of sulfone groups is 1. The summed E-state index contributed by atoms with van der Waals surface area (Å²) in [5, 5.41) is 13.0. The molecule has 1 aliphatic heterocycles. The number of anilines is 1. The Morgan fingerprint density at radius 2 is 1.83 bits per heavy atom. The van der Waals surface area contributed by atoms with Crippen LogP contribution in [-0.2, 0) is 19.9 Å². The van der Waals surface area contributed by atoms with Gasteiger partial charge in [0.05, 0.1) is 16.2 Å². The molecule has 30 heavy (non-hydrogen) atoms. The normalized spacial score (nSPS) is 15.2. The zero-order valence-corrected chi connectivity index (χ0v) is 17.3. The second-order valence-corrected chi connectivity index (χ2v) is 9.97. The van der Waals surface area contributed by atoms with Gasteiger partial charge in [-0.1, -0.05) is 6.07 Å². The van der Waals surface area contributed by atoms with E-state index in [2.05, 4.69) is 20.2 Å². The Hall–Kier alpha value is -2.78. The van der Waals surface area contributed by atoms with E-state index in [1.165, 1.54) is 18.3 Å². The summed E-state index contributed by atoms with van der Waals surface area (Å²) < 4.78 is 51.0. The van der Waals surface area contributed by atoms with E-state index >= 15 is 0 Å². The summed E-state index contributed by atoms with van der Waals surface area (Å²) in [6.45, 7) is -0.138. The van der Waals surface area contributed by atoms with Crippen LogP contribution in [0.4, 0.5) is 5.82 Å². The van der Waals surface area contributed by atoms with E-state index < -0.39 is 41.4 Å². The van der Waals surface area contributed by atoms with Crippen LogP contribution >= 0.6 is 0 Å². The Balaban J connectivity index is 2.39. The molecule has 1 aliphatic rings. The first-order chi connectivity index (χ1) is 14.0. The van der Waals surface area contributed by atoms with E-state index in [0.717, 1.165) is 6.07 Å². The third kappa shape index (κ3) is 4.36. The molecule has 0 aliphatic carbocycles. The van der Waals surface area contributed by atoms with Crippen LogP contribution in [0.2, 0.25) is 0 Å². The standard InChI is InChI=1S/C16H20N8O4S2/c17-5-10(18)7-29(25,26)12-3-2-11(9-1-4-13(19)21-6-9)14(15(12)30(20,27)28)16-22-8-23-24-16/h1-4,6,10H,5,7-8,17-18H2,(H2,19,21)(H2,20,27,28)/t10-/m1/s1. The molecule has 0 radical (unpaired) electrons.